The molecule has 0 aliphatic carbocycles. The number of amides is 1. The van der Waals surface area contributed by atoms with E-state index >= 15 is 0 Å². The number of nitrogens with one attached hydrogen (secondary N) is 1. The van der Waals surface area contributed by atoms with Crippen LogP contribution in [-0.2, 0) is 4.79 Å². The first-order chi connectivity index (χ1) is 11.2. The quantitative estimate of drug-likeness (QED) is 0.736. The molecule has 0 saturated carbocycles. The summed E-state index contributed by atoms with van der Waals surface area (Å²) < 4.78 is 13.6. The van der Waals surface area contributed by atoms with Gasteiger partial charge in [-0.2, -0.15) is 0 Å². The van der Waals surface area contributed by atoms with Crippen molar-refractivity contribution in [3.63, 3.8) is 0 Å². The molecule has 116 valence electrons. The van der Waals surface area contributed by atoms with Crippen LogP contribution in [0.15, 0.2) is 54.9 Å². The fourth-order valence-corrected chi connectivity index (χ4v) is 3.37. The van der Waals surface area contributed by atoms with Crippen molar-refractivity contribution in [2.24, 2.45) is 0 Å². The fourth-order valence-electron chi connectivity index (χ4n) is 2.27. The topological polar surface area (TPSA) is 42.0 Å². The van der Waals surface area contributed by atoms with Crippen molar-refractivity contribution >= 4 is 22.2 Å². The first-order valence-corrected chi connectivity index (χ1v) is 8.09. The smallest absolute Gasteiger partial charge is 0.224 e. The van der Waals surface area contributed by atoms with Gasteiger partial charge in [-0.3, -0.25) is 9.78 Å². The summed E-state index contributed by atoms with van der Waals surface area (Å²) in [4.78, 5) is 16.7. The molecular formula is C18H15FN2OS. The Balaban J connectivity index is 2.10. The summed E-state index contributed by atoms with van der Waals surface area (Å²) in [6.45, 7) is 1.81. The summed E-state index contributed by atoms with van der Waals surface area (Å²) in [5, 5.41) is 3.63. The number of aromatic nitrogens is 1. The van der Waals surface area contributed by atoms with Gasteiger partial charge in [0.2, 0.25) is 5.91 Å². The van der Waals surface area contributed by atoms with Crippen LogP contribution in [0.4, 0.5) is 9.39 Å². The number of hydrogen-bond acceptors (Lipinski definition) is 3. The number of anilines is 1. The Morgan fingerprint density at radius 1 is 1.17 bits per heavy atom. The van der Waals surface area contributed by atoms with Crippen molar-refractivity contribution in [2.75, 3.05) is 5.32 Å². The first-order valence-electron chi connectivity index (χ1n) is 7.27. The van der Waals surface area contributed by atoms with Crippen LogP contribution in [0, 0.1) is 5.82 Å². The molecule has 3 aromatic rings. The molecule has 0 aliphatic heterocycles. The zero-order chi connectivity index (χ0) is 16.2. The monoisotopic (exact) mass is 326 g/mol. The lowest BCUT2D eigenvalue weighted by molar-refractivity contribution is -0.115. The molecule has 1 aromatic carbocycles. The molecule has 0 atom stereocenters. The molecule has 23 heavy (non-hydrogen) atoms. The van der Waals surface area contributed by atoms with Gasteiger partial charge in [0, 0.05) is 29.3 Å². The van der Waals surface area contributed by atoms with Crippen LogP contribution < -0.4 is 5.32 Å². The molecule has 0 saturated heterocycles. The van der Waals surface area contributed by atoms with Crippen LogP contribution in [-0.4, -0.2) is 10.9 Å². The van der Waals surface area contributed by atoms with Gasteiger partial charge in [0.15, 0.2) is 0 Å². The summed E-state index contributed by atoms with van der Waals surface area (Å²) in [7, 11) is 0. The van der Waals surface area contributed by atoms with E-state index in [2.05, 4.69) is 10.3 Å². The maximum Gasteiger partial charge on any atom is 0.224 e. The molecule has 3 nitrogen and oxygen atoms in total. The number of nitrogens with zero attached hydrogens (tertiary/aromatic N) is 1. The standard InChI is InChI=1S/C18H15FN2OS/c1-2-16(22)21-17-11-15(13-4-3-5-14(19)10-13)18(23-17)12-6-8-20-9-7-12/h3-11H,2H2,1H3,(H,21,22). The van der Waals surface area contributed by atoms with Gasteiger partial charge < -0.3 is 5.32 Å². The third-order valence-electron chi connectivity index (χ3n) is 3.39. The molecular weight excluding hydrogens is 311 g/mol. The highest BCUT2D eigenvalue weighted by molar-refractivity contribution is 7.20. The maximum absolute atomic E-state index is 13.6. The number of pyridine rings is 1. The van der Waals surface area contributed by atoms with Gasteiger partial charge in [0.05, 0.1) is 5.00 Å². The van der Waals surface area contributed by atoms with Gasteiger partial charge in [0.25, 0.3) is 0 Å². The molecule has 0 fully saturated rings. The lowest BCUT2D eigenvalue weighted by Crippen LogP contribution is -2.07. The van der Waals surface area contributed by atoms with Crippen LogP contribution in [0.2, 0.25) is 0 Å². The average Bonchev–Trinajstić information content (AvgIpc) is 2.99. The molecule has 0 unspecified atom stereocenters. The molecule has 0 radical (unpaired) electrons. The second-order valence-corrected chi connectivity index (χ2v) is 6.05. The Bertz CT molecular complexity index is 830. The van der Waals surface area contributed by atoms with E-state index in [4.69, 9.17) is 0 Å². The highest BCUT2D eigenvalue weighted by atomic mass is 32.1. The van der Waals surface area contributed by atoms with Crippen LogP contribution >= 0.6 is 11.3 Å². The zero-order valence-corrected chi connectivity index (χ0v) is 13.4. The summed E-state index contributed by atoms with van der Waals surface area (Å²) in [6, 6.07) is 12.2. The zero-order valence-electron chi connectivity index (χ0n) is 12.5. The average molecular weight is 326 g/mol. The Hall–Kier alpha value is -2.53. The van der Waals surface area contributed by atoms with Gasteiger partial charge in [-0.25, -0.2) is 4.39 Å². The molecule has 0 bridgehead atoms. The summed E-state index contributed by atoms with van der Waals surface area (Å²) in [6.07, 6.45) is 3.85. The van der Waals surface area contributed by atoms with Crippen molar-refractivity contribution in [3.8, 4) is 21.6 Å². The number of hydrogen-bond donors (Lipinski definition) is 1. The Labute approximate surface area is 137 Å². The highest BCUT2D eigenvalue weighted by Gasteiger charge is 2.14. The second-order valence-electron chi connectivity index (χ2n) is 5.00. The minimum Gasteiger partial charge on any atom is -0.318 e. The first kappa shape index (κ1) is 15.4. The predicted octanol–water partition coefficient (Wildman–Crippen LogP) is 4.96. The number of carbonyl (C=O) groups excluding carboxylic acids is 1. The number of halogens is 1. The van der Waals surface area contributed by atoms with Crippen LogP contribution in [0.25, 0.3) is 21.6 Å². The normalized spacial score (nSPS) is 10.5. The predicted molar refractivity (Wildman–Crippen MR) is 91.9 cm³/mol. The largest absolute Gasteiger partial charge is 0.318 e. The van der Waals surface area contributed by atoms with E-state index in [-0.39, 0.29) is 11.7 Å². The highest BCUT2D eigenvalue weighted by Crippen LogP contribution is 2.41. The summed E-state index contributed by atoms with van der Waals surface area (Å²) in [5.41, 5.74) is 2.67. The van der Waals surface area contributed by atoms with Gasteiger partial charge >= 0.3 is 0 Å². The molecule has 1 amide bonds. The van der Waals surface area contributed by atoms with E-state index < -0.39 is 0 Å². The van der Waals surface area contributed by atoms with Gasteiger partial charge in [0.1, 0.15) is 5.82 Å². The molecule has 0 aliphatic rings. The van der Waals surface area contributed by atoms with Crippen LogP contribution in [0.5, 0.6) is 0 Å². The lowest BCUT2D eigenvalue weighted by Gasteiger charge is -2.04. The van der Waals surface area contributed by atoms with Crippen molar-refractivity contribution in [1.82, 2.24) is 4.98 Å². The minimum absolute atomic E-state index is 0.0432. The number of thiophene rings is 1. The van der Waals surface area contributed by atoms with Crippen LogP contribution in [0.3, 0.4) is 0 Å². The van der Waals surface area contributed by atoms with E-state index in [9.17, 15) is 9.18 Å². The molecule has 2 heterocycles. The van der Waals surface area contributed by atoms with Gasteiger partial charge in [-0.05, 0) is 41.5 Å². The molecule has 1 N–H and O–H groups in total. The van der Waals surface area contributed by atoms with Crippen molar-refractivity contribution in [3.05, 3.63) is 60.7 Å². The van der Waals surface area contributed by atoms with E-state index in [1.807, 2.05) is 24.3 Å². The van der Waals surface area contributed by atoms with E-state index in [0.29, 0.717) is 6.42 Å². The third-order valence-corrected chi connectivity index (χ3v) is 4.49. The number of benzene rings is 1. The SMILES string of the molecule is CCC(=O)Nc1cc(-c2cccc(F)c2)c(-c2ccncc2)s1. The summed E-state index contributed by atoms with van der Waals surface area (Å²) >= 11 is 1.47. The van der Waals surface area contributed by atoms with Crippen molar-refractivity contribution in [1.29, 1.82) is 0 Å². The molecule has 0 spiro atoms. The molecule has 5 heteroatoms. The van der Waals surface area contributed by atoms with E-state index in [0.717, 1.165) is 26.6 Å². The Kier molecular flexibility index (Phi) is 4.48. The molecule has 3 rings (SSSR count). The van der Waals surface area contributed by atoms with Crippen molar-refractivity contribution in [2.45, 2.75) is 13.3 Å². The van der Waals surface area contributed by atoms with Gasteiger partial charge in [-0.15, -0.1) is 11.3 Å². The number of rotatable bonds is 4. The van der Waals surface area contributed by atoms with E-state index in [1.165, 1.54) is 23.5 Å². The lowest BCUT2D eigenvalue weighted by atomic mass is 10.0. The molecule has 2 aromatic heterocycles. The second kappa shape index (κ2) is 6.71. The summed E-state index contributed by atoms with van der Waals surface area (Å²) in [5.74, 6) is -0.327. The maximum atomic E-state index is 13.6. The Morgan fingerprint density at radius 3 is 2.65 bits per heavy atom. The van der Waals surface area contributed by atoms with Crippen LogP contribution in [0.1, 0.15) is 13.3 Å². The van der Waals surface area contributed by atoms with Crippen molar-refractivity contribution < 1.29 is 9.18 Å². The third kappa shape index (κ3) is 3.46. The van der Waals surface area contributed by atoms with Gasteiger partial charge in [-0.1, -0.05) is 19.1 Å². The number of carbonyl (C=O) groups is 1. The fraction of sp³-hybridized carbons (Fsp3) is 0.111. The van der Waals surface area contributed by atoms with E-state index in [1.54, 1.807) is 25.4 Å². The minimum atomic E-state index is -0.284. The Morgan fingerprint density at radius 2 is 1.96 bits per heavy atom.